The molecule has 0 saturated carbocycles. The van der Waals surface area contributed by atoms with E-state index in [1.165, 1.54) is 24.1 Å². The van der Waals surface area contributed by atoms with Crippen LogP contribution in [-0.4, -0.2) is 27.8 Å². The van der Waals surface area contributed by atoms with Crippen molar-refractivity contribution in [3.05, 3.63) is 22.6 Å². The first-order valence-corrected chi connectivity index (χ1v) is 6.93. The summed E-state index contributed by atoms with van der Waals surface area (Å²) in [4.78, 5) is 28.2. The van der Waals surface area contributed by atoms with Gasteiger partial charge in [0.05, 0.1) is 4.47 Å². The van der Waals surface area contributed by atoms with Crippen LogP contribution in [0.5, 0.6) is 0 Å². The number of hydrogen-bond donors (Lipinski definition) is 0. The molecule has 96 valence electrons. The van der Waals surface area contributed by atoms with E-state index in [0.29, 0.717) is 6.54 Å². The van der Waals surface area contributed by atoms with Gasteiger partial charge in [-0.15, -0.1) is 0 Å². The molecule has 1 saturated heterocycles. The van der Waals surface area contributed by atoms with Gasteiger partial charge in [-0.1, -0.05) is 11.8 Å². The predicted molar refractivity (Wildman–Crippen MR) is 70.9 cm³/mol. The van der Waals surface area contributed by atoms with Crippen LogP contribution in [-0.2, 0) is 9.59 Å². The highest BCUT2D eigenvalue weighted by molar-refractivity contribution is 9.10. The van der Waals surface area contributed by atoms with Gasteiger partial charge in [0.1, 0.15) is 11.6 Å². The zero-order chi connectivity index (χ0) is 13.3. The minimum atomic E-state index is -0.463. The van der Waals surface area contributed by atoms with E-state index in [9.17, 15) is 14.0 Å². The van der Waals surface area contributed by atoms with Crippen LogP contribution in [0.2, 0.25) is 0 Å². The fraction of sp³-hybridized carbons (Fsp3) is 0.364. The van der Waals surface area contributed by atoms with Crippen molar-refractivity contribution in [1.82, 2.24) is 4.98 Å². The number of thioether (sulfide) groups is 1. The standard InChI is InChI=1S/C11H10BrFN2O2S/c1-6(16)18-7-2-11(17)15(5-7)10-3-9(13)8(12)4-14-10/h3-4,7H,2,5H2,1H3. The second-order valence-corrected chi connectivity index (χ2v) is 6.23. The van der Waals surface area contributed by atoms with E-state index in [1.54, 1.807) is 0 Å². The Morgan fingerprint density at radius 2 is 2.39 bits per heavy atom. The van der Waals surface area contributed by atoms with Gasteiger partial charge in [0, 0.05) is 37.4 Å². The fourth-order valence-corrected chi connectivity index (χ4v) is 2.90. The number of halogens is 2. The van der Waals surface area contributed by atoms with Crippen LogP contribution in [0.1, 0.15) is 13.3 Å². The Kier molecular flexibility index (Phi) is 4.01. The van der Waals surface area contributed by atoms with E-state index < -0.39 is 5.82 Å². The molecule has 0 radical (unpaired) electrons. The molecule has 18 heavy (non-hydrogen) atoms. The molecule has 0 N–H and O–H groups in total. The zero-order valence-electron chi connectivity index (χ0n) is 9.52. The molecule has 7 heteroatoms. The summed E-state index contributed by atoms with van der Waals surface area (Å²) in [6.45, 7) is 1.85. The van der Waals surface area contributed by atoms with E-state index in [4.69, 9.17) is 0 Å². The van der Waals surface area contributed by atoms with Gasteiger partial charge >= 0.3 is 0 Å². The average Bonchev–Trinajstić information content (AvgIpc) is 2.62. The number of carbonyl (C=O) groups excluding carboxylic acids is 2. The van der Waals surface area contributed by atoms with Crippen molar-refractivity contribution in [2.75, 3.05) is 11.4 Å². The molecular weight excluding hydrogens is 323 g/mol. The molecular formula is C11H10BrFN2O2S. The number of amides is 1. The van der Waals surface area contributed by atoms with Crippen molar-refractivity contribution in [2.45, 2.75) is 18.6 Å². The van der Waals surface area contributed by atoms with Crippen molar-refractivity contribution < 1.29 is 14.0 Å². The van der Waals surface area contributed by atoms with Crippen LogP contribution in [0.15, 0.2) is 16.7 Å². The second kappa shape index (κ2) is 5.36. The van der Waals surface area contributed by atoms with Gasteiger partial charge in [-0.3, -0.25) is 14.5 Å². The second-order valence-electron chi connectivity index (χ2n) is 3.90. The summed E-state index contributed by atoms with van der Waals surface area (Å²) in [5.74, 6) is -0.314. The monoisotopic (exact) mass is 332 g/mol. The maximum atomic E-state index is 13.4. The molecule has 4 nitrogen and oxygen atoms in total. The highest BCUT2D eigenvalue weighted by Gasteiger charge is 2.32. The molecule has 0 aliphatic carbocycles. The van der Waals surface area contributed by atoms with Crippen molar-refractivity contribution in [3.63, 3.8) is 0 Å². The summed E-state index contributed by atoms with van der Waals surface area (Å²) in [5.41, 5.74) is 0. The molecule has 1 aliphatic heterocycles. The molecule has 1 unspecified atom stereocenters. The Balaban J connectivity index is 2.16. The summed E-state index contributed by atoms with van der Waals surface area (Å²) < 4.78 is 13.6. The van der Waals surface area contributed by atoms with Crippen LogP contribution >= 0.6 is 27.7 Å². The third-order valence-electron chi connectivity index (χ3n) is 2.49. The normalized spacial score (nSPS) is 19.4. The summed E-state index contributed by atoms with van der Waals surface area (Å²) in [6.07, 6.45) is 1.60. The fourth-order valence-electron chi connectivity index (χ4n) is 1.76. The van der Waals surface area contributed by atoms with Gasteiger partial charge in [-0.25, -0.2) is 9.37 Å². The topological polar surface area (TPSA) is 50.3 Å². The van der Waals surface area contributed by atoms with E-state index in [2.05, 4.69) is 20.9 Å². The maximum Gasteiger partial charge on any atom is 0.229 e. The van der Waals surface area contributed by atoms with Gasteiger partial charge in [0.25, 0.3) is 0 Å². The predicted octanol–water partition coefficient (Wildman–Crippen LogP) is 2.37. The highest BCUT2D eigenvalue weighted by Crippen LogP contribution is 2.28. The molecule has 0 aromatic carbocycles. The number of anilines is 1. The number of rotatable bonds is 2. The smallest absolute Gasteiger partial charge is 0.229 e. The van der Waals surface area contributed by atoms with Crippen LogP contribution in [0.3, 0.4) is 0 Å². The molecule has 1 atom stereocenters. The number of carbonyl (C=O) groups is 2. The summed E-state index contributed by atoms with van der Waals surface area (Å²) >= 11 is 4.15. The Bertz CT molecular complexity index is 512. The summed E-state index contributed by atoms with van der Waals surface area (Å²) in [6, 6.07) is 1.21. The van der Waals surface area contributed by atoms with Crippen LogP contribution < -0.4 is 4.90 Å². The largest absolute Gasteiger partial charge is 0.296 e. The Hall–Kier alpha value is -0.950. The molecule has 1 aromatic rings. The Morgan fingerprint density at radius 3 is 3.00 bits per heavy atom. The average molecular weight is 333 g/mol. The van der Waals surface area contributed by atoms with Crippen LogP contribution in [0.25, 0.3) is 0 Å². The van der Waals surface area contributed by atoms with Gasteiger partial charge < -0.3 is 0 Å². The Labute approximate surface area is 116 Å². The molecule has 2 rings (SSSR count). The SMILES string of the molecule is CC(=O)SC1CC(=O)N(c2cc(F)c(Br)cn2)C1. The number of aromatic nitrogens is 1. The first kappa shape index (κ1) is 13.5. The lowest BCUT2D eigenvalue weighted by atomic mass is 10.4. The lowest BCUT2D eigenvalue weighted by molar-refractivity contribution is -0.117. The molecule has 1 aromatic heterocycles. The van der Waals surface area contributed by atoms with Crippen LogP contribution in [0.4, 0.5) is 10.2 Å². The molecule has 1 aliphatic rings. The summed E-state index contributed by atoms with van der Waals surface area (Å²) in [5, 5.41) is -0.104. The van der Waals surface area contributed by atoms with Crippen molar-refractivity contribution in [1.29, 1.82) is 0 Å². The quantitative estimate of drug-likeness (QED) is 0.834. The minimum Gasteiger partial charge on any atom is -0.296 e. The first-order chi connectivity index (χ1) is 8.47. The summed E-state index contributed by atoms with van der Waals surface area (Å²) in [7, 11) is 0. The van der Waals surface area contributed by atoms with Crippen molar-refractivity contribution in [2.24, 2.45) is 0 Å². The third-order valence-corrected chi connectivity index (χ3v) is 4.06. The van der Waals surface area contributed by atoms with E-state index in [1.807, 2.05) is 0 Å². The Morgan fingerprint density at radius 1 is 1.67 bits per heavy atom. The first-order valence-electron chi connectivity index (χ1n) is 5.26. The zero-order valence-corrected chi connectivity index (χ0v) is 11.9. The highest BCUT2D eigenvalue weighted by atomic mass is 79.9. The van der Waals surface area contributed by atoms with Gasteiger partial charge in [-0.05, 0) is 15.9 Å². The van der Waals surface area contributed by atoms with Crippen LogP contribution in [0, 0.1) is 5.82 Å². The molecule has 2 heterocycles. The van der Waals surface area contributed by atoms with E-state index >= 15 is 0 Å². The third kappa shape index (κ3) is 2.89. The molecule has 0 bridgehead atoms. The van der Waals surface area contributed by atoms with Crippen molar-refractivity contribution >= 4 is 44.5 Å². The van der Waals surface area contributed by atoms with E-state index in [-0.39, 0.29) is 33.0 Å². The molecule has 0 spiro atoms. The number of hydrogen-bond acceptors (Lipinski definition) is 4. The number of nitrogens with zero attached hydrogens (tertiary/aromatic N) is 2. The minimum absolute atomic E-state index is 0.0235. The molecule has 1 fully saturated rings. The van der Waals surface area contributed by atoms with Gasteiger partial charge in [0.15, 0.2) is 5.12 Å². The number of pyridine rings is 1. The van der Waals surface area contributed by atoms with Gasteiger partial charge in [-0.2, -0.15) is 0 Å². The van der Waals surface area contributed by atoms with Gasteiger partial charge in [0.2, 0.25) is 5.91 Å². The lowest BCUT2D eigenvalue weighted by Crippen LogP contribution is -2.26. The lowest BCUT2D eigenvalue weighted by Gasteiger charge is -2.15. The molecule has 1 amide bonds. The van der Waals surface area contributed by atoms with E-state index in [0.717, 1.165) is 11.8 Å². The van der Waals surface area contributed by atoms with Crippen molar-refractivity contribution in [3.8, 4) is 0 Å². The maximum absolute atomic E-state index is 13.4.